The molecule has 2 aliphatic rings. The van der Waals surface area contributed by atoms with Crippen LogP contribution in [0.15, 0.2) is 46.0 Å². The molecule has 29 heavy (non-hydrogen) atoms. The van der Waals surface area contributed by atoms with E-state index in [0.29, 0.717) is 34.2 Å². The highest BCUT2D eigenvalue weighted by atomic mass is 35.5. The summed E-state index contributed by atoms with van der Waals surface area (Å²) in [7, 11) is 0. The van der Waals surface area contributed by atoms with Gasteiger partial charge < -0.3 is 9.73 Å². The first-order valence-corrected chi connectivity index (χ1v) is 11.4. The van der Waals surface area contributed by atoms with Gasteiger partial charge in [-0.05, 0) is 68.4 Å². The molecule has 0 atom stereocenters. The average Bonchev–Trinajstić information content (AvgIpc) is 3.40. The Labute approximate surface area is 178 Å². The van der Waals surface area contributed by atoms with Gasteiger partial charge in [-0.25, -0.2) is 9.97 Å². The van der Waals surface area contributed by atoms with E-state index in [-0.39, 0.29) is 5.91 Å². The van der Waals surface area contributed by atoms with Crippen LogP contribution in [0.4, 0.5) is 0 Å². The fourth-order valence-corrected chi connectivity index (χ4v) is 4.93. The third-order valence-electron chi connectivity index (χ3n) is 5.60. The van der Waals surface area contributed by atoms with Gasteiger partial charge in [-0.1, -0.05) is 11.6 Å². The topological polar surface area (TPSA) is 68.0 Å². The summed E-state index contributed by atoms with van der Waals surface area (Å²) in [5, 5.41) is 5.35. The molecular formula is C22H22ClN3O2S. The summed E-state index contributed by atoms with van der Waals surface area (Å²) in [6.07, 6.45) is 7.30. The lowest BCUT2D eigenvalue weighted by Gasteiger charge is -2.33. The van der Waals surface area contributed by atoms with E-state index >= 15 is 0 Å². The van der Waals surface area contributed by atoms with Crippen LogP contribution < -0.4 is 5.32 Å². The predicted octanol–water partition coefficient (Wildman–Crippen LogP) is 5.44. The van der Waals surface area contributed by atoms with Gasteiger partial charge in [0, 0.05) is 34.5 Å². The van der Waals surface area contributed by atoms with Crippen molar-refractivity contribution >= 4 is 40.4 Å². The van der Waals surface area contributed by atoms with Gasteiger partial charge in [0.15, 0.2) is 11.5 Å². The van der Waals surface area contributed by atoms with Crippen LogP contribution in [0.3, 0.4) is 0 Å². The minimum absolute atomic E-state index is 0.0169. The Morgan fingerprint density at radius 2 is 2.10 bits per heavy atom. The van der Waals surface area contributed by atoms with Crippen LogP contribution in [0.2, 0.25) is 5.02 Å². The number of carbonyl (C=O) groups excluding carboxylic acids is 1. The third kappa shape index (κ3) is 4.43. The molecular weight excluding hydrogens is 406 g/mol. The number of rotatable bonds is 7. The van der Waals surface area contributed by atoms with Crippen molar-refractivity contribution in [2.24, 2.45) is 5.92 Å². The third-order valence-corrected chi connectivity index (χ3v) is 7.10. The number of hydrogen-bond donors (Lipinski definition) is 1. The van der Waals surface area contributed by atoms with Crippen LogP contribution in [0, 0.1) is 5.92 Å². The Kier molecular flexibility index (Phi) is 5.22. The fourth-order valence-electron chi connectivity index (χ4n) is 3.73. The van der Waals surface area contributed by atoms with E-state index in [0.717, 1.165) is 41.3 Å². The molecule has 7 heteroatoms. The maximum atomic E-state index is 12.4. The number of benzene rings is 1. The Hall–Kier alpha value is -2.05. The van der Waals surface area contributed by atoms with Crippen molar-refractivity contribution < 1.29 is 9.21 Å². The summed E-state index contributed by atoms with van der Waals surface area (Å²) < 4.78 is 5.87. The summed E-state index contributed by atoms with van der Waals surface area (Å²) in [4.78, 5) is 21.3. The second-order valence-electron chi connectivity index (χ2n) is 7.94. The van der Waals surface area contributed by atoms with Crippen molar-refractivity contribution in [3.63, 3.8) is 0 Å². The molecule has 0 spiro atoms. The lowest BCUT2D eigenvalue weighted by atomic mass is 9.73. The molecule has 5 rings (SSSR count). The molecule has 1 N–H and O–H groups in total. The van der Waals surface area contributed by atoms with E-state index in [2.05, 4.69) is 15.3 Å². The van der Waals surface area contributed by atoms with E-state index in [4.69, 9.17) is 16.0 Å². The van der Waals surface area contributed by atoms with Crippen molar-refractivity contribution in [3.05, 3.63) is 53.0 Å². The normalized spacial score (nSPS) is 21.1. The minimum atomic E-state index is -0.0169. The maximum absolute atomic E-state index is 12.4. The van der Waals surface area contributed by atoms with Crippen LogP contribution in [0.25, 0.3) is 11.1 Å². The smallest absolute Gasteiger partial charge is 0.251 e. The standard InChI is InChI=1S/C22H22ClN3O2S/c23-16-1-4-19-18(12-16)26-22(28-19)15-9-13(10-15)5-7-25-21(27)14-6-8-24-20(11-14)29-17-2-3-17/h1,4,6,8,11-13,15,17H,2-3,5,7,9-10H2,(H,25,27). The van der Waals surface area contributed by atoms with Crippen molar-refractivity contribution in [1.82, 2.24) is 15.3 Å². The average molecular weight is 428 g/mol. The van der Waals surface area contributed by atoms with E-state index in [9.17, 15) is 4.79 Å². The van der Waals surface area contributed by atoms with Gasteiger partial charge in [0.05, 0.1) is 5.03 Å². The molecule has 2 saturated carbocycles. The van der Waals surface area contributed by atoms with E-state index < -0.39 is 0 Å². The number of pyridine rings is 1. The zero-order valence-electron chi connectivity index (χ0n) is 15.9. The first kappa shape index (κ1) is 18.9. The summed E-state index contributed by atoms with van der Waals surface area (Å²) in [6, 6.07) is 9.21. The van der Waals surface area contributed by atoms with Gasteiger partial charge in [0.1, 0.15) is 5.52 Å². The zero-order valence-corrected chi connectivity index (χ0v) is 17.5. The van der Waals surface area contributed by atoms with Crippen molar-refractivity contribution in [1.29, 1.82) is 0 Å². The molecule has 2 aromatic heterocycles. The highest BCUT2D eigenvalue weighted by molar-refractivity contribution is 8.00. The Bertz CT molecular complexity index is 1040. The molecule has 1 amide bonds. The molecule has 2 aliphatic carbocycles. The van der Waals surface area contributed by atoms with Crippen LogP contribution in [-0.4, -0.2) is 27.7 Å². The van der Waals surface area contributed by atoms with Gasteiger partial charge in [0.25, 0.3) is 5.91 Å². The predicted molar refractivity (Wildman–Crippen MR) is 115 cm³/mol. The molecule has 0 aliphatic heterocycles. The molecule has 2 fully saturated rings. The van der Waals surface area contributed by atoms with Gasteiger partial charge in [-0.3, -0.25) is 4.79 Å². The number of nitrogens with zero attached hydrogens (tertiary/aromatic N) is 2. The largest absolute Gasteiger partial charge is 0.440 e. The number of oxazole rings is 1. The number of aromatic nitrogens is 2. The van der Waals surface area contributed by atoms with Crippen LogP contribution >= 0.6 is 23.4 Å². The number of thioether (sulfide) groups is 1. The monoisotopic (exact) mass is 427 g/mol. The quantitative estimate of drug-likeness (QED) is 0.543. The minimum Gasteiger partial charge on any atom is -0.440 e. The molecule has 0 bridgehead atoms. The van der Waals surface area contributed by atoms with Gasteiger partial charge in [-0.2, -0.15) is 0 Å². The van der Waals surface area contributed by atoms with Gasteiger partial charge in [0.2, 0.25) is 0 Å². The lowest BCUT2D eigenvalue weighted by Crippen LogP contribution is -2.29. The summed E-state index contributed by atoms with van der Waals surface area (Å²) in [5.74, 6) is 1.75. The molecule has 2 heterocycles. The molecule has 0 radical (unpaired) electrons. The van der Waals surface area contributed by atoms with E-state index in [1.54, 1.807) is 24.0 Å². The first-order chi connectivity index (χ1) is 14.1. The highest BCUT2D eigenvalue weighted by Crippen LogP contribution is 2.43. The number of halogens is 1. The number of nitrogens with one attached hydrogen (secondary N) is 1. The maximum Gasteiger partial charge on any atom is 0.251 e. The molecule has 5 nitrogen and oxygen atoms in total. The highest BCUT2D eigenvalue weighted by Gasteiger charge is 2.33. The molecule has 0 unspecified atom stereocenters. The Balaban J connectivity index is 1.08. The molecule has 3 aromatic rings. The number of fused-ring (bicyclic) bond motifs is 1. The first-order valence-electron chi connectivity index (χ1n) is 10.1. The molecule has 150 valence electrons. The van der Waals surface area contributed by atoms with E-state index in [1.807, 2.05) is 24.3 Å². The Morgan fingerprint density at radius 3 is 2.93 bits per heavy atom. The summed E-state index contributed by atoms with van der Waals surface area (Å²) in [6.45, 7) is 0.687. The SMILES string of the molecule is O=C(NCCC1CC(c2nc3cc(Cl)ccc3o2)C1)c1ccnc(SC2CC2)c1. The molecule has 1 aromatic carbocycles. The van der Waals surface area contributed by atoms with Crippen molar-refractivity contribution in [2.45, 2.75) is 48.3 Å². The van der Waals surface area contributed by atoms with Crippen molar-refractivity contribution in [3.8, 4) is 0 Å². The number of carbonyl (C=O) groups is 1. The number of amides is 1. The van der Waals surface area contributed by atoms with E-state index in [1.165, 1.54) is 12.8 Å². The second-order valence-corrected chi connectivity index (χ2v) is 9.70. The summed E-state index contributed by atoms with van der Waals surface area (Å²) in [5.41, 5.74) is 2.30. The van der Waals surface area contributed by atoms with Crippen molar-refractivity contribution in [2.75, 3.05) is 6.54 Å². The summed E-state index contributed by atoms with van der Waals surface area (Å²) >= 11 is 7.79. The Morgan fingerprint density at radius 1 is 1.24 bits per heavy atom. The zero-order chi connectivity index (χ0) is 19.8. The van der Waals surface area contributed by atoms with Gasteiger partial charge >= 0.3 is 0 Å². The second kappa shape index (κ2) is 8.00. The fraction of sp³-hybridized carbons (Fsp3) is 0.409. The van der Waals surface area contributed by atoms with Crippen LogP contribution in [0.5, 0.6) is 0 Å². The van der Waals surface area contributed by atoms with Gasteiger partial charge in [-0.15, -0.1) is 11.8 Å². The van der Waals surface area contributed by atoms with Crippen LogP contribution in [-0.2, 0) is 0 Å². The number of hydrogen-bond acceptors (Lipinski definition) is 5. The molecule has 0 saturated heterocycles. The van der Waals surface area contributed by atoms with Crippen LogP contribution in [0.1, 0.15) is 54.3 Å². The lowest BCUT2D eigenvalue weighted by molar-refractivity contribution is 0.0946.